The second kappa shape index (κ2) is 9.23. The summed E-state index contributed by atoms with van der Waals surface area (Å²) in [6.07, 6.45) is 0.867. The van der Waals surface area contributed by atoms with Crippen LogP contribution in [0.25, 0.3) is 0 Å². The predicted molar refractivity (Wildman–Crippen MR) is 96.4 cm³/mol. The van der Waals surface area contributed by atoms with Crippen LogP contribution in [0, 0.1) is 0 Å². The molecule has 1 amide bonds. The maximum atomic E-state index is 11.9. The lowest BCUT2D eigenvalue weighted by molar-refractivity contribution is -0.148. The van der Waals surface area contributed by atoms with Gasteiger partial charge in [0, 0.05) is 10.9 Å². The van der Waals surface area contributed by atoms with Gasteiger partial charge in [-0.1, -0.05) is 64.5 Å². The number of rotatable bonds is 7. The first-order valence-corrected chi connectivity index (χ1v) is 8.59. The predicted octanol–water partition coefficient (Wildman–Crippen LogP) is 3.80. The Morgan fingerprint density at radius 1 is 1.08 bits per heavy atom. The van der Waals surface area contributed by atoms with E-state index in [-0.39, 0.29) is 30.9 Å². The third kappa shape index (κ3) is 5.81. The van der Waals surface area contributed by atoms with Crippen LogP contribution >= 0.6 is 15.9 Å². The molecule has 2 rings (SSSR count). The van der Waals surface area contributed by atoms with Crippen molar-refractivity contribution in [2.24, 2.45) is 0 Å². The zero-order valence-corrected chi connectivity index (χ0v) is 15.1. The average molecular weight is 390 g/mol. The van der Waals surface area contributed by atoms with Gasteiger partial charge in [0.05, 0.1) is 6.04 Å². The number of ether oxygens (including phenoxy) is 1. The molecule has 4 nitrogen and oxygen atoms in total. The molecule has 0 saturated heterocycles. The van der Waals surface area contributed by atoms with Gasteiger partial charge in [-0.3, -0.25) is 9.59 Å². The first-order valence-electron chi connectivity index (χ1n) is 7.79. The van der Waals surface area contributed by atoms with Crippen LogP contribution in [0.2, 0.25) is 0 Å². The van der Waals surface area contributed by atoms with E-state index in [0.717, 1.165) is 15.6 Å². The molecule has 0 radical (unpaired) electrons. The number of benzene rings is 2. The van der Waals surface area contributed by atoms with Gasteiger partial charge in [-0.05, 0) is 30.5 Å². The van der Waals surface area contributed by atoms with E-state index in [4.69, 9.17) is 4.74 Å². The number of hydrogen-bond donors (Lipinski definition) is 1. The monoisotopic (exact) mass is 389 g/mol. The molecule has 0 aliphatic heterocycles. The second-order valence-corrected chi connectivity index (χ2v) is 6.31. The van der Waals surface area contributed by atoms with Crippen molar-refractivity contribution in [2.45, 2.75) is 25.8 Å². The Kier molecular flexibility index (Phi) is 7.00. The minimum atomic E-state index is -0.373. The molecule has 0 saturated carbocycles. The standard InChI is InChI=1S/C19H20BrNO3/c1-14(16-9-5-6-10-17(16)20)21-18(22)13-24-19(23)12-11-15-7-3-2-4-8-15/h2-10,14H,11-13H2,1H3,(H,21,22)/t14-/m0/s1. The summed E-state index contributed by atoms with van der Waals surface area (Å²) in [5.74, 6) is -0.686. The zero-order chi connectivity index (χ0) is 17.4. The normalized spacial score (nSPS) is 11.6. The van der Waals surface area contributed by atoms with Crippen LogP contribution in [0.15, 0.2) is 59.1 Å². The Hall–Kier alpha value is -2.14. The zero-order valence-electron chi connectivity index (χ0n) is 13.5. The molecule has 1 N–H and O–H groups in total. The van der Waals surface area contributed by atoms with Crippen molar-refractivity contribution in [3.63, 3.8) is 0 Å². The van der Waals surface area contributed by atoms with Gasteiger partial charge in [-0.2, -0.15) is 0 Å². The van der Waals surface area contributed by atoms with E-state index in [1.807, 2.05) is 61.5 Å². The highest BCUT2D eigenvalue weighted by Gasteiger charge is 2.13. The maximum Gasteiger partial charge on any atom is 0.306 e. The molecular formula is C19H20BrNO3. The quantitative estimate of drug-likeness (QED) is 0.732. The Balaban J connectivity index is 1.72. The molecule has 0 heterocycles. The maximum absolute atomic E-state index is 11.9. The smallest absolute Gasteiger partial charge is 0.306 e. The molecule has 0 bridgehead atoms. The minimum Gasteiger partial charge on any atom is -0.456 e. The first kappa shape index (κ1) is 18.2. The summed E-state index contributed by atoms with van der Waals surface area (Å²) in [6, 6.07) is 17.2. The van der Waals surface area contributed by atoms with Crippen LogP contribution in [0.5, 0.6) is 0 Å². The summed E-state index contributed by atoms with van der Waals surface area (Å²) < 4.78 is 5.96. The van der Waals surface area contributed by atoms with Gasteiger partial charge >= 0.3 is 5.97 Å². The van der Waals surface area contributed by atoms with Crippen LogP contribution in [0.1, 0.15) is 30.5 Å². The van der Waals surface area contributed by atoms with E-state index in [9.17, 15) is 9.59 Å². The minimum absolute atomic E-state index is 0.170. The molecule has 0 aliphatic carbocycles. The number of hydrogen-bond acceptors (Lipinski definition) is 3. The molecule has 0 fully saturated rings. The third-order valence-electron chi connectivity index (χ3n) is 3.57. The van der Waals surface area contributed by atoms with Crippen LogP contribution in [0.4, 0.5) is 0 Å². The summed E-state index contributed by atoms with van der Waals surface area (Å²) in [7, 11) is 0. The van der Waals surface area contributed by atoms with E-state index in [0.29, 0.717) is 6.42 Å². The number of nitrogens with one attached hydrogen (secondary N) is 1. The van der Waals surface area contributed by atoms with Crippen molar-refractivity contribution in [1.29, 1.82) is 0 Å². The fourth-order valence-corrected chi connectivity index (χ4v) is 2.92. The topological polar surface area (TPSA) is 55.4 Å². The molecule has 5 heteroatoms. The van der Waals surface area contributed by atoms with Crippen LogP contribution in [-0.4, -0.2) is 18.5 Å². The Bertz CT molecular complexity index is 688. The highest BCUT2D eigenvalue weighted by atomic mass is 79.9. The fraction of sp³-hybridized carbons (Fsp3) is 0.263. The van der Waals surface area contributed by atoms with Crippen molar-refractivity contribution >= 4 is 27.8 Å². The molecule has 0 spiro atoms. The Morgan fingerprint density at radius 3 is 2.46 bits per heavy atom. The van der Waals surface area contributed by atoms with Crippen LogP contribution in [-0.2, 0) is 20.7 Å². The van der Waals surface area contributed by atoms with E-state index in [2.05, 4.69) is 21.2 Å². The van der Waals surface area contributed by atoms with Crippen molar-refractivity contribution in [3.8, 4) is 0 Å². The molecule has 0 aliphatic rings. The number of aryl methyl sites for hydroxylation is 1. The lowest BCUT2D eigenvalue weighted by atomic mass is 10.1. The number of carbonyl (C=O) groups is 2. The van der Waals surface area contributed by atoms with Gasteiger partial charge in [0.15, 0.2) is 6.61 Å². The lowest BCUT2D eigenvalue weighted by Gasteiger charge is -2.15. The summed E-state index contributed by atoms with van der Waals surface area (Å²) >= 11 is 3.46. The summed E-state index contributed by atoms with van der Waals surface area (Å²) in [5, 5.41) is 2.82. The Morgan fingerprint density at radius 2 is 1.75 bits per heavy atom. The van der Waals surface area contributed by atoms with Gasteiger partial charge in [-0.15, -0.1) is 0 Å². The van der Waals surface area contributed by atoms with Gasteiger partial charge in [0.25, 0.3) is 5.91 Å². The number of esters is 1. The fourth-order valence-electron chi connectivity index (χ4n) is 2.30. The van der Waals surface area contributed by atoms with Gasteiger partial charge in [0.2, 0.25) is 0 Å². The number of halogens is 1. The second-order valence-electron chi connectivity index (χ2n) is 5.46. The Labute approximate surface area is 150 Å². The summed E-state index contributed by atoms with van der Waals surface area (Å²) in [5.41, 5.74) is 2.04. The molecule has 0 unspecified atom stereocenters. The van der Waals surface area contributed by atoms with Crippen molar-refractivity contribution in [1.82, 2.24) is 5.32 Å². The van der Waals surface area contributed by atoms with Gasteiger partial charge in [-0.25, -0.2) is 0 Å². The van der Waals surface area contributed by atoms with E-state index in [1.165, 1.54) is 0 Å². The summed E-state index contributed by atoms with van der Waals surface area (Å²) in [4.78, 5) is 23.6. The van der Waals surface area contributed by atoms with Gasteiger partial charge in [0.1, 0.15) is 0 Å². The van der Waals surface area contributed by atoms with Crippen LogP contribution < -0.4 is 5.32 Å². The van der Waals surface area contributed by atoms with Gasteiger partial charge < -0.3 is 10.1 Å². The van der Waals surface area contributed by atoms with E-state index in [1.54, 1.807) is 0 Å². The van der Waals surface area contributed by atoms with E-state index >= 15 is 0 Å². The largest absolute Gasteiger partial charge is 0.456 e. The molecular weight excluding hydrogens is 370 g/mol. The molecule has 2 aromatic carbocycles. The third-order valence-corrected chi connectivity index (χ3v) is 4.30. The van der Waals surface area contributed by atoms with E-state index < -0.39 is 0 Å². The highest BCUT2D eigenvalue weighted by molar-refractivity contribution is 9.10. The van der Waals surface area contributed by atoms with Crippen LogP contribution in [0.3, 0.4) is 0 Å². The van der Waals surface area contributed by atoms with Crippen molar-refractivity contribution in [2.75, 3.05) is 6.61 Å². The highest BCUT2D eigenvalue weighted by Crippen LogP contribution is 2.22. The molecule has 2 aromatic rings. The van der Waals surface area contributed by atoms with Crippen molar-refractivity contribution < 1.29 is 14.3 Å². The molecule has 24 heavy (non-hydrogen) atoms. The number of amides is 1. The molecule has 0 aromatic heterocycles. The average Bonchev–Trinajstić information content (AvgIpc) is 2.59. The van der Waals surface area contributed by atoms with Crippen molar-refractivity contribution in [3.05, 3.63) is 70.2 Å². The SMILES string of the molecule is C[C@H](NC(=O)COC(=O)CCc1ccccc1)c1ccccc1Br. The molecule has 126 valence electrons. The number of carbonyl (C=O) groups excluding carboxylic acids is 2. The lowest BCUT2D eigenvalue weighted by Crippen LogP contribution is -2.31. The first-order chi connectivity index (χ1) is 11.6. The molecule has 1 atom stereocenters. The summed E-state index contributed by atoms with van der Waals surface area (Å²) in [6.45, 7) is 1.62.